The molecule has 0 N–H and O–H groups in total. The van der Waals surface area contributed by atoms with Crippen LogP contribution in [0.5, 0.6) is 0 Å². The first-order chi connectivity index (χ1) is 12.2. The highest BCUT2D eigenvalue weighted by Crippen LogP contribution is 2.30. The fourth-order valence-electron chi connectivity index (χ4n) is 3.63. The molecular weight excluding hydrogens is 332 g/mol. The normalized spacial score (nSPS) is 17.3. The summed E-state index contributed by atoms with van der Waals surface area (Å²) >= 11 is 1.67. The van der Waals surface area contributed by atoms with Crippen LogP contribution in [0.3, 0.4) is 0 Å². The Kier molecular flexibility index (Phi) is 4.57. The Bertz CT molecular complexity index is 753. The number of rotatable bonds is 2. The summed E-state index contributed by atoms with van der Waals surface area (Å²) in [4.78, 5) is 31.3. The van der Waals surface area contributed by atoms with Crippen molar-refractivity contribution in [1.29, 1.82) is 0 Å². The number of hydrogen-bond donors (Lipinski definition) is 0. The van der Waals surface area contributed by atoms with E-state index >= 15 is 0 Å². The molecule has 0 bridgehead atoms. The Hall–Kier alpha value is -2.14. The van der Waals surface area contributed by atoms with Gasteiger partial charge >= 0.3 is 0 Å². The van der Waals surface area contributed by atoms with Crippen LogP contribution in [0, 0.1) is 0 Å². The van der Waals surface area contributed by atoms with Crippen LogP contribution in [0.4, 0.5) is 0 Å². The standard InChI is InChI=1S/C20H22N2O2S/c23-19(15-6-2-1-3-7-15)21-10-12-22(13-11-21)20(24)18-14-16-8-4-5-9-17(16)25-18/h1-3,6-7,14H,4-5,8-13H2. The van der Waals surface area contributed by atoms with Crippen molar-refractivity contribution in [2.45, 2.75) is 25.7 Å². The van der Waals surface area contributed by atoms with Gasteiger partial charge < -0.3 is 9.80 Å². The van der Waals surface area contributed by atoms with Crippen molar-refractivity contribution in [2.75, 3.05) is 26.2 Å². The van der Waals surface area contributed by atoms with Crippen LogP contribution < -0.4 is 0 Å². The van der Waals surface area contributed by atoms with E-state index in [0.717, 1.165) is 17.7 Å². The summed E-state index contributed by atoms with van der Waals surface area (Å²) in [6, 6.07) is 11.5. The molecule has 2 aliphatic rings. The molecule has 5 heteroatoms. The lowest BCUT2D eigenvalue weighted by molar-refractivity contribution is 0.0538. The molecule has 2 amide bonds. The number of benzene rings is 1. The molecule has 0 spiro atoms. The van der Waals surface area contributed by atoms with Crippen LogP contribution in [0.1, 0.15) is 43.3 Å². The number of fused-ring (bicyclic) bond motifs is 1. The first-order valence-corrected chi connectivity index (χ1v) is 9.79. The molecule has 1 aliphatic heterocycles. The Balaban J connectivity index is 1.39. The number of amides is 2. The van der Waals surface area contributed by atoms with E-state index in [1.165, 1.54) is 23.3 Å². The molecule has 130 valence electrons. The molecule has 0 atom stereocenters. The lowest BCUT2D eigenvalue weighted by Gasteiger charge is -2.34. The maximum atomic E-state index is 12.8. The topological polar surface area (TPSA) is 40.6 Å². The summed E-state index contributed by atoms with van der Waals surface area (Å²) in [6.07, 6.45) is 4.70. The Labute approximate surface area is 152 Å². The lowest BCUT2D eigenvalue weighted by atomic mass is 9.99. The summed E-state index contributed by atoms with van der Waals surface area (Å²) in [7, 11) is 0. The predicted molar refractivity (Wildman–Crippen MR) is 99.2 cm³/mol. The van der Waals surface area contributed by atoms with Crippen molar-refractivity contribution in [1.82, 2.24) is 9.80 Å². The fraction of sp³-hybridized carbons (Fsp3) is 0.400. The number of thiophene rings is 1. The third-order valence-electron chi connectivity index (χ3n) is 5.08. The zero-order valence-corrected chi connectivity index (χ0v) is 15.1. The van der Waals surface area contributed by atoms with Gasteiger partial charge in [0.2, 0.25) is 0 Å². The predicted octanol–water partition coefficient (Wildman–Crippen LogP) is 3.23. The number of nitrogens with zero attached hydrogens (tertiary/aromatic N) is 2. The highest BCUT2D eigenvalue weighted by atomic mass is 32.1. The van der Waals surface area contributed by atoms with Gasteiger partial charge in [0.25, 0.3) is 11.8 Å². The van der Waals surface area contributed by atoms with Crippen molar-refractivity contribution >= 4 is 23.2 Å². The zero-order valence-electron chi connectivity index (χ0n) is 14.2. The van der Waals surface area contributed by atoms with Gasteiger partial charge in [0, 0.05) is 36.6 Å². The van der Waals surface area contributed by atoms with Crippen molar-refractivity contribution < 1.29 is 9.59 Å². The van der Waals surface area contributed by atoms with Gasteiger partial charge in [-0.15, -0.1) is 11.3 Å². The van der Waals surface area contributed by atoms with Crippen molar-refractivity contribution in [3.05, 3.63) is 57.3 Å². The number of carbonyl (C=O) groups is 2. The summed E-state index contributed by atoms with van der Waals surface area (Å²) in [5, 5.41) is 0. The van der Waals surface area contributed by atoms with E-state index in [1.54, 1.807) is 11.3 Å². The van der Waals surface area contributed by atoms with Gasteiger partial charge in [0.1, 0.15) is 0 Å². The highest BCUT2D eigenvalue weighted by Gasteiger charge is 2.27. The second kappa shape index (κ2) is 7.00. The van der Waals surface area contributed by atoms with Crippen LogP contribution in [-0.2, 0) is 12.8 Å². The second-order valence-electron chi connectivity index (χ2n) is 6.72. The van der Waals surface area contributed by atoms with Gasteiger partial charge in [0.15, 0.2) is 0 Å². The van der Waals surface area contributed by atoms with E-state index in [0.29, 0.717) is 31.7 Å². The first-order valence-electron chi connectivity index (χ1n) is 8.97. The molecule has 2 heterocycles. The summed E-state index contributed by atoms with van der Waals surface area (Å²) < 4.78 is 0. The molecule has 4 rings (SSSR count). The van der Waals surface area contributed by atoms with Crippen LogP contribution >= 0.6 is 11.3 Å². The molecule has 1 saturated heterocycles. The smallest absolute Gasteiger partial charge is 0.264 e. The maximum absolute atomic E-state index is 12.8. The van der Waals surface area contributed by atoms with E-state index in [4.69, 9.17) is 0 Å². The lowest BCUT2D eigenvalue weighted by Crippen LogP contribution is -2.50. The minimum atomic E-state index is 0.0549. The fourth-order valence-corrected chi connectivity index (χ4v) is 4.85. The van der Waals surface area contributed by atoms with Crippen LogP contribution in [0.15, 0.2) is 36.4 Å². The maximum Gasteiger partial charge on any atom is 0.264 e. The summed E-state index contributed by atoms with van der Waals surface area (Å²) in [5.41, 5.74) is 2.09. The Morgan fingerprint density at radius 1 is 0.840 bits per heavy atom. The van der Waals surface area contributed by atoms with Crippen LogP contribution in [0.25, 0.3) is 0 Å². The Morgan fingerprint density at radius 2 is 1.48 bits per heavy atom. The van der Waals surface area contributed by atoms with Gasteiger partial charge in [-0.2, -0.15) is 0 Å². The molecule has 0 saturated carbocycles. The van der Waals surface area contributed by atoms with Gasteiger partial charge in [0.05, 0.1) is 4.88 Å². The number of carbonyl (C=O) groups excluding carboxylic acids is 2. The molecular formula is C20H22N2O2S. The molecule has 2 aromatic rings. The van der Waals surface area contributed by atoms with E-state index in [1.807, 2.05) is 40.1 Å². The van der Waals surface area contributed by atoms with E-state index in [-0.39, 0.29) is 11.8 Å². The van der Waals surface area contributed by atoms with E-state index < -0.39 is 0 Å². The second-order valence-corrected chi connectivity index (χ2v) is 7.85. The van der Waals surface area contributed by atoms with Crippen LogP contribution in [-0.4, -0.2) is 47.8 Å². The van der Waals surface area contributed by atoms with Crippen molar-refractivity contribution in [3.8, 4) is 0 Å². The zero-order chi connectivity index (χ0) is 17.2. The third kappa shape index (κ3) is 3.33. The van der Waals surface area contributed by atoms with Gasteiger partial charge in [-0.1, -0.05) is 18.2 Å². The largest absolute Gasteiger partial charge is 0.335 e. The van der Waals surface area contributed by atoms with Gasteiger partial charge in [-0.05, 0) is 49.4 Å². The number of aryl methyl sites for hydroxylation is 2. The van der Waals surface area contributed by atoms with E-state index in [9.17, 15) is 9.59 Å². The van der Waals surface area contributed by atoms with Crippen LogP contribution in [0.2, 0.25) is 0 Å². The molecule has 25 heavy (non-hydrogen) atoms. The summed E-state index contributed by atoms with van der Waals surface area (Å²) in [5.74, 6) is 0.186. The Morgan fingerprint density at radius 3 is 2.16 bits per heavy atom. The third-order valence-corrected chi connectivity index (χ3v) is 6.31. The number of piperazine rings is 1. The van der Waals surface area contributed by atoms with E-state index in [2.05, 4.69) is 6.07 Å². The number of hydrogen-bond acceptors (Lipinski definition) is 3. The minimum Gasteiger partial charge on any atom is -0.335 e. The van der Waals surface area contributed by atoms with Gasteiger partial charge in [-0.25, -0.2) is 0 Å². The highest BCUT2D eigenvalue weighted by molar-refractivity contribution is 7.14. The molecule has 1 aromatic heterocycles. The first kappa shape index (κ1) is 16.3. The molecule has 0 radical (unpaired) electrons. The van der Waals surface area contributed by atoms with Crippen molar-refractivity contribution in [2.24, 2.45) is 0 Å². The quantitative estimate of drug-likeness (QED) is 0.831. The molecule has 0 unspecified atom stereocenters. The SMILES string of the molecule is O=C(c1ccccc1)N1CCN(C(=O)c2cc3c(s2)CCCC3)CC1. The minimum absolute atomic E-state index is 0.0549. The molecule has 1 aromatic carbocycles. The van der Waals surface area contributed by atoms with Crippen molar-refractivity contribution in [3.63, 3.8) is 0 Å². The summed E-state index contributed by atoms with van der Waals surface area (Å²) in [6.45, 7) is 2.43. The van der Waals surface area contributed by atoms with Gasteiger partial charge in [-0.3, -0.25) is 9.59 Å². The average molecular weight is 354 g/mol. The molecule has 1 fully saturated rings. The monoisotopic (exact) mass is 354 g/mol. The molecule has 4 nitrogen and oxygen atoms in total. The average Bonchev–Trinajstić information content (AvgIpc) is 3.12. The molecule has 1 aliphatic carbocycles.